The second-order valence-corrected chi connectivity index (χ2v) is 7.50. The number of anilines is 2. The number of alkyl halides is 3. The standard InChI is InChI=1S/C20H14F3IN4O/c21-20(22,23)14-5-1-4-13(9-14)19(29)27-15-6-2-3-12(10-15)17-7-8-25-18-16(24)11-26-28(17)18/h1-7,9-11,25H,8H2,(H,27,29). The summed E-state index contributed by atoms with van der Waals surface area (Å²) in [6.07, 6.45) is -0.776. The van der Waals surface area contributed by atoms with Gasteiger partial charge in [-0.05, 0) is 59.0 Å². The van der Waals surface area contributed by atoms with Gasteiger partial charge in [0.15, 0.2) is 0 Å². The highest BCUT2D eigenvalue weighted by atomic mass is 127. The van der Waals surface area contributed by atoms with E-state index >= 15 is 0 Å². The maximum absolute atomic E-state index is 12.9. The number of benzene rings is 2. The van der Waals surface area contributed by atoms with Crippen molar-refractivity contribution in [3.05, 3.63) is 81.1 Å². The Bertz CT molecular complexity index is 1120. The SMILES string of the molecule is O=C(Nc1cccc(C2=CCNc3c(I)cnn32)c1)c1cccc(C(F)(F)F)c1. The molecule has 1 amide bonds. The minimum Gasteiger partial charge on any atom is -0.366 e. The van der Waals surface area contributed by atoms with Crippen molar-refractivity contribution in [2.24, 2.45) is 0 Å². The molecule has 5 nitrogen and oxygen atoms in total. The molecule has 3 aromatic rings. The lowest BCUT2D eigenvalue weighted by Crippen LogP contribution is -2.16. The average Bonchev–Trinajstić information content (AvgIpc) is 3.09. The fourth-order valence-corrected chi connectivity index (χ4v) is 3.58. The van der Waals surface area contributed by atoms with Crippen LogP contribution in [0, 0.1) is 3.57 Å². The van der Waals surface area contributed by atoms with E-state index in [4.69, 9.17) is 0 Å². The van der Waals surface area contributed by atoms with E-state index < -0.39 is 17.6 Å². The van der Waals surface area contributed by atoms with E-state index in [-0.39, 0.29) is 5.56 Å². The molecule has 0 radical (unpaired) electrons. The number of rotatable bonds is 3. The summed E-state index contributed by atoms with van der Waals surface area (Å²) in [5.41, 5.74) is 1.24. The molecule has 0 bridgehead atoms. The maximum atomic E-state index is 12.9. The van der Waals surface area contributed by atoms with Crippen molar-refractivity contribution in [1.82, 2.24) is 9.78 Å². The lowest BCUT2D eigenvalue weighted by atomic mass is 10.1. The van der Waals surface area contributed by atoms with Crippen molar-refractivity contribution >= 4 is 45.7 Å². The van der Waals surface area contributed by atoms with Crippen molar-refractivity contribution in [2.45, 2.75) is 6.18 Å². The Morgan fingerprint density at radius 3 is 2.76 bits per heavy atom. The number of carbonyl (C=O) groups is 1. The van der Waals surface area contributed by atoms with Gasteiger partial charge >= 0.3 is 6.18 Å². The van der Waals surface area contributed by atoms with Crippen LogP contribution < -0.4 is 10.6 Å². The minimum atomic E-state index is -4.50. The fourth-order valence-electron chi connectivity index (χ4n) is 3.04. The number of fused-ring (bicyclic) bond motifs is 1. The summed E-state index contributed by atoms with van der Waals surface area (Å²) in [5.74, 6) is 0.281. The van der Waals surface area contributed by atoms with Crippen LogP contribution >= 0.6 is 22.6 Å². The highest BCUT2D eigenvalue weighted by Crippen LogP contribution is 2.31. The zero-order chi connectivity index (χ0) is 20.6. The van der Waals surface area contributed by atoms with Gasteiger partial charge in [-0.15, -0.1) is 0 Å². The van der Waals surface area contributed by atoms with Crippen LogP contribution in [0.2, 0.25) is 0 Å². The fraction of sp³-hybridized carbons (Fsp3) is 0.100. The van der Waals surface area contributed by atoms with Gasteiger partial charge < -0.3 is 10.6 Å². The van der Waals surface area contributed by atoms with Crippen molar-refractivity contribution in [2.75, 3.05) is 17.2 Å². The summed E-state index contributed by atoms with van der Waals surface area (Å²) in [6, 6.07) is 11.4. The molecule has 2 N–H and O–H groups in total. The van der Waals surface area contributed by atoms with Gasteiger partial charge in [-0.1, -0.05) is 18.2 Å². The Morgan fingerprint density at radius 1 is 1.17 bits per heavy atom. The largest absolute Gasteiger partial charge is 0.416 e. The highest BCUT2D eigenvalue weighted by molar-refractivity contribution is 14.1. The van der Waals surface area contributed by atoms with Crippen LogP contribution in [0.25, 0.3) is 5.70 Å². The monoisotopic (exact) mass is 510 g/mol. The van der Waals surface area contributed by atoms with E-state index in [0.717, 1.165) is 32.8 Å². The van der Waals surface area contributed by atoms with Gasteiger partial charge in [0.1, 0.15) is 5.82 Å². The van der Waals surface area contributed by atoms with Crippen LogP contribution in [-0.4, -0.2) is 22.2 Å². The lowest BCUT2D eigenvalue weighted by molar-refractivity contribution is -0.137. The van der Waals surface area contributed by atoms with E-state index in [0.29, 0.717) is 12.2 Å². The van der Waals surface area contributed by atoms with E-state index in [1.165, 1.54) is 12.1 Å². The van der Waals surface area contributed by atoms with Gasteiger partial charge in [-0.2, -0.15) is 18.3 Å². The van der Waals surface area contributed by atoms with Crippen LogP contribution in [0.4, 0.5) is 24.7 Å². The number of nitrogens with zero attached hydrogens (tertiary/aromatic N) is 2. The molecule has 0 fully saturated rings. The summed E-state index contributed by atoms with van der Waals surface area (Å²) in [7, 11) is 0. The molecule has 0 atom stereocenters. The number of aromatic nitrogens is 2. The van der Waals surface area contributed by atoms with Crippen LogP contribution in [0.15, 0.2) is 60.8 Å². The number of halogens is 4. The third-order valence-corrected chi connectivity index (χ3v) is 5.18. The number of amides is 1. The normalized spacial score (nSPS) is 13.3. The molecule has 1 aromatic heterocycles. The predicted octanol–water partition coefficient (Wildman–Crippen LogP) is 5.07. The molecule has 0 saturated heterocycles. The van der Waals surface area contributed by atoms with Crippen LogP contribution in [0.3, 0.4) is 0 Å². The molecular weight excluding hydrogens is 496 g/mol. The summed E-state index contributed by atoms with van der Waals surface area (Å²) in [5, 5.41) is 10.3. The Hall–Kier alpha value is -2.82. The topological polar surface area (TPSA) is 59.0 Å². The first-order chi connectivity index (χ1) is 13.8. The Kier molecular flexibility index (Phi) is 5.07. The smallest absolute Gasteiger partial charge is 0.366 e. The first-order valence-corrected chi connectivity index (χ1v) is 9.68. The third kappa shape index (κ3) is 4.00. The van der Waals surface area contributed by atoms with E-state index in [2.05, 4.69) is 38.3 Å². The van der Waals surface area contributed by atoms with Crippen molar-refractivity contribution in [3.8, 4) is 0 Å². The Morgan fingerprint density at radius 2 is 1.97 bits per heavy atom. The molecule has 0 unspecified atom stereocenters. The second kappa shape index (κ2) is 7.54. The minimum absolute atomic E-state index is 0.0600. The van der Waals surface area contributed by atoms with Gasteiger partial charge in [-0.3, -0.25) is 4.79 Å². The van der Waals surface area contributed by atoms with Gasteiger partial charge in [-0.25, -0.2) is 4.68 Å². The lowest BCUT2D eigenvalue weighted by Gasteiger charge is -2.19. The van der Waals surface area contributed by atoms with Crippen molar-refractivity contribution < 1.29 is 18.0 Å². The number of carbonyl (C=O) groups excluding carboxylic acids is 1. The molecule has 1 aliphatic rings. The summed E-state index contributed by atoms with van der Waals surface area (Å²) in [4.78, 5) is 12.5. The van der Waals surface area contributed by atoms with Gasteiger partial charge in [0.25, 0.3) is 5.91 Å². The maximum Gasteiger partial charge on any atom is 0.416 e. The van der Waals surface area contributed by atoms with Gasteiger partial charge in [0.2, 0.25) is 0 Å². The molecule has 1 aliphatic heterocycles. The van der Waals surface area contributed by atoms with Crippen LogP contribution in [-0.2, 0) is 6.18 Å². The molecule has 29 heavy (non-hydrogen) atoms. The van der Waals surface area contributed by atoms with Gasteiger partial charge in [0, 0.05) is 23.4 Å². The Balaban J connectivity index is 1.59. The highest BCUT2D eigenvalue weighted by Gasteiger charge is 2.30. The molecule has 148 valence electrons. The van der Waals surface area contributed by atoms with Gasteiger partial charge in [0.05, 0.1) is 21.0 Å². The van der Waals surface area contributed by atoms with Crippen LogP contribution in [0.5, 0.6) is 0 Å². The van der Waals surface area contributed by atoms with E-state index in [9.17, 15) is 18.0 Å². The number of nitrogens with one attached hydrogen (secondary N) is 2. The second-order valence-electron chi connectivity index (χ2n) is 6.34. The molecule has 4 rings (SSSR count). The third-order valence-electron chi connectivity index (χ3n) is 4.39. The van der Waals surface area contributed by atoms with Crippen LogP contribution in [0.1, 0.15) is 21.5 Å². The summed E-state index contributed by atoms with van der Waals surface area (Å²) < 4.78 is 41.4. The molecule has 0 spiro atoms. The molecule has 0 saturated carbocycles. The zero-order valence-electron chi connectivity index (χ0n) is 14.8. The Labute approximate surface area is 177 Å². The molecule has 2 aromatic carbocycles. The summed E-state index contributed by atoms with van der Waals surface area (Å²) in [6.45, 7) is 0.637. The molecule has 2 heterocycles. The first kappa shape index (κ1) is 19.5. The molecule has 9 heteroatoms. The van der Waals surface area contributed by atoms with Crippen molar-refractivity contribution in [3.63, 3.8) is 0 Å². The quantitative estimate of drug-likeness (QED) is 0.484. The van der Waals surface area contributed by atoms with E-state index in [1.807, 2.05) is 12.1 Å². The van der Waals surface area contributed by atoms with E-state index in [1.54, 1.807) is 29.1 Å². The zero-order valence-corrected chi connectivity index (χ0v) is 17.0. The number of hydrogen-bond donors (Lipinski definition) is 2. The molecular formula is C20H14F3IN4O. The first-order valence-electron chi connectivity index (χ1n) is 8.60. The van der Waals surface area contributed by atoms with Crippen molar-refractivity contribution in [1.29, 1.82) is 0 Å². The predicted molar refractivity (Wildman–Crippen MR) is 113 cm³/mol. The summed E-state index contributed by atoms with van der Waals surface area (Å²) >= 11 is 2.19. The number of hydrogen-bond acceptors (Lipinski definition) is 3. The molecule has 0 aliphatic carbocycles. The average molecular weight is 510 g/mol.